The Balaban J connectivity index is 5.66. The molecule has 5 N–H and O–H groups in total. The molecule has 0 aromatic carbocycles. The molecule has 0 aliphatic heterocycles. The molecule has 0 aliphatic carbocycles. The van der Waals surface area contributed by atoms with E-state index in [1.807, 2.05) is 0 Å². The van der Waals surface area contributed by atoms with E-state index in [2.05, 4.69) is 20.8 Å². The number of nitrogens with two attached hydrogens (primary N) is 1. The van der Waals surface area contributed by atoms with Crippen molar-refractivity contribution in [3.63, 3.8) is 0 Å². The van der Waals surface area contributed by atoms with Gasteiger partial charge in [-0.05, 0) is 19.3 Å². The Bertz CT molecular complexity index is 1060. The van der Waals surface area contributed by atoms with Crippen molar-refractivity contribution in [1.82, 2.24) is 0 Å². The van der Waals surface area contributed by atoms with Crippen molar-refractivity contribution in [3.8, 4) is 0 Å². The lowest BCUT2D eigenvalue weighted by Crippen LogP contribution is -2.74. The molecular weight excluding hydrogens is 807 g/mol. The average molecular weight is 910 g/mol. The number of carbonyl (C=O) groups is 4. The molecule has 0 aromatic heterocycles. The van der Waals surface area contributed by atoms with E-state index in [9.17, 15) is 34.5 Å². The van der Waals surface area contributed by atoms with Gasteiger partial charge in [0.05, 0.1) is 12.7 Å². The number of unbranched alkanes of at least 4 members (excludes halogenated alkanes) is 36. The summed E-state index contributed by atoms with van der Waals surface area (Å²) in [5, 5.41) is 31.1. The van der Waals surface area contributed by atoms with Gasteiger partial charge in [0.1, 0.15) is 0 Å². The highest BCUT2D eigenvalue weighted by Crippen LogP contribution is 2.42. The highest BCUT2D eigenvalue weighted by Gasteiger charge is 2.66. The molecule has 0 spiro atoms. The molecule has 0 aromatic rings. The van der Waals surface area contributed by atoms with Crippen LogP contribution < -0.4 is 5.73 Å². The fourth-order valence-electron chi connectivity index (χ4n) is 9.07. The highest BCUT2D eigenvalue weighted by molar-refractivity contribution is 8.02. The summed E-state index contributed by atoms with van der Waals surface area (Å²) in [5.74, 6) is -4.04. The van der Waals surface area contributed by atoms with Crippen molar-refractivity contribution < 1.29 is 34.5 Å². The number of carboxylic acids is 1. The molecule has 0 saturated carbocycles. The van der Waals surface area contributed by atoms with E-state index < -0.39 is 46.3 Å². The Morgan fingerprint density at radius 2 is 0.635 bits per heavy atom. The molecule has 0 aliphatic rings. The summed E-state index contributed by atoms with van der Waals surface area (Å²) in [6.45, 7) is 6.09. The summed E-state index contributed by atoms with van der Waals surface area (Å²) in [6.07, 6.45) is 42.1. The van der Waals surface area contributed by atoms with Crippen molar-refractivity contribution in [2.75, 3.05) is 12.4 Å². The number of carboxylic acid groups (broad SMARTS) is 1. The minimum Gasteiger partial charge on any atom is -0.479 e. The molecule has 2 atom stereocenters. The molecule has 372 valence electrons. The number of aliphatic hydroxyl groups excluding tert-OH is 2. The van der Waals surface area contributed by atoms with Crippen LogP contribution in [-0.2, 0) is 19.2 Å². The predicted octanol–water partition coefficient (Wildman–Crippen LogP) is 14.7. The lowest BCUT2D eigenvalue weighted by Gasteiger charge is -2.42. The van der Waals surface area contributed by atoms with Crippen molar-refractivity contribution >= 4 is 35.1 Å². The van der Waals surface area contributed by atoms with E-state index in [1.165, 1.54) is 154 Å². The van der Waals surface area contributed by atoms with Gasteiger partial charge in [0.25, 0.3) is 0 Å². The summed E-state index contributed by atoms with van der Waals surface area (Å²) in [4.78, 5) is 56.8. The summed E-state index contributed by atoms with van der Waals surface area (Å²) in [5.41, 5.74) is 3.99. The minimum absolute atomic E-state index is 0.0669. The molecule has 8 nitrogen and oxygen atoms in total. The van der Waals surface area contributed by atoms with Crippen LogP contribution in [0.4, 0.5) is 0 Å². The fraction of sp³-hybridized carbons (Fsp3) is 0.926. The largest absolute Gasteiger partial charge is 0.479 e. The number of Topliss-reactive ketones (excluding diaryl/α,β-unsaturated/α-hetero) is 3. The van der Waals surface area contributed by atoms with Crippen molar-refractivity contribution in [1.29, 1.82) is 0 Å². The van der Waals surface area contributed by atoms with Gasteiger partial charge in [0.15, 0.2) is 22.1 Å². The molecule has 0 saturated heterocycles. The number of hydrogen-bond donors (Lipinski definition) is 4. The number of carbonyl (C=O) groups excluding carboxylic acids is 3. The van der Waals surface area contributed by atoms with Crippen LogP contribution in [0.25, 0.3) is 0 Å². The molecule has 63 heavy (non-hydrogen) atoms. The van der Waals surface area contributed by atoms with Gasteiger partial charge in [-0.2, -0.15) is 0 Å². The summed E-state index contributed by atoms with van der Waals surface area (Å²) >= 11 is 0.679. The second-order valence-electron chi connectivity index (χ2n) is 19.2. The Kier molecular flexibility index (Phi) is 42.4. The molecule has 9 heteroatoms. The van der Waals surface area contributed by atoms with Gasteiger partial charge in [-0.25, -0.2) is 4.79 Å². The van der Waals surface area contributed by atoms with Crippen LogP contribution in [0.1, 0.15) is 290 Å². The van der Waals surface area contributed by atoms with Gasteiger partial charge in [-0.1, -0.05) is 252 Å². The monoisotopic (exact) mass is 910 g/mol. The van der Waals surface area contributed by atoms with Crippen LogP contribution in [0.5, 0.6) is 0 Å². The molecule has 1 unspecified atom stereocenters. The standard InChI is InChI=1S/C54H103NO7S/c1-4-7-10-13-16-19-22-25-28-31-34-37-40-43-49(58)53(55,52(61)62)54(63-47-48(57)46-56,50(59)44-41-38-35-32-29-26-23-20-17-14-11-8-5-2)51(60)45-42-39-36-33-30-27-24-21-18-15-12-9-6-3/h48,56-57H,4-47,55H2,1-3H3,(H,61,62)/t48?,53-/m1/s1. The molecule has 0 heterocycles. The first-order chi connectivity index (χ1) is 30.6. The first-order valence-electron chi connectivity index (χ1n) is 27.1. The second-order valence-corrected chi connectivity index (χ2v) is 20.4. The van der Waals surface area contributed by atoms with E-state index in [0.717, 1.165) is 77.0 Å². The van der Waals surface area contributed by atoms with E-state index in [0.29, 0.717) is 31.0 Å². The van der Waals surface area contributed by atoms with Crippen LogP contribution in [0.2, 0.25) is 0 Å². The zero-order chi connectivity index (χ0) is 46.7. The van der Waals surface area contributed by atoms with Crippen molar-refractivity contribution in [2.24, 2.45) is 5.73 Å². The van der Waals surface area contributed by atoms with E-state index in [1.54, 1.807) is 0 Å². The third kappa shape index (κ3) is 29.2. The molecule has 0 rings (SSSR count). The zero-order valence-corrected chi connectivity index (χ0v) is 42.5. The molecule has 0 bridgehead atoms. The van der Waals surface area contributed by atoms with E-state index in [4.69, 9.17) is 5.73 Å². The Morgan fingerprint density at radius 3 is 0.857 bits per heavy atom. The Hall–Kier alpha value is -1.29. The van der Waals surface area contributed by atoms with E-state index in [-0.39, 0.29) is 25.0 Å². The summed E-state index contributed by atoms with van der Waals surface area (Å²) in [7, 11) is 0. The van der Waals surface area contributed by atoms with E-state index >= 15 is 0 Å². The number of aliphatic carboxylic acids is 1. The number of aliphatic hydroxyl groups is 2. The lowest BCUT2D eigenvalue weighted by molar-refractivity contribution is -0.155. The van der Waals surface area contributed by atoms with Crippen LogP contribution in [0, 0.1) is 0 Å². The fourth-order valence-corrected chi connectivity index (χ4v) is 10.6. The highest BCUT2D eigenvalue weighted by atomic mass is 32.2. The number of ketones is 3. The summed E-state index contributed by atoms with van der Waals surface area (Å²) in [6, 6.07) is 0. The normalized spacial score (nSPS) is 13.3. The third-order valence-electron chi connectivity index (χ3n) is 13.3. The van der Waals surface area contributed by atoms with Crippen molar-refractivity contribution in [2.45, 2.75) is 307 Å². The Morgan fingerprint density at radius 1 is 0.413 bits per heavy atom. The SMILES string of the molecule is CCCCCCCCCCCCCCCC(=O)C(SCC(O)CO)(C(=O)CCCCCCCCCCCCCCC)[C@](N)(C(=O)O)C(=O)CCCCCCCCCCCCCCC. The zero-order valence-electron chi connectivity index (χ0n) is 41.7. The molecule has 0 fully saturated rings. The van der Waals surface area contributed by atoms with Gasteiger partial charge in [-0.15, -0.1) is 11.8 Å². The van der Waals surface area contributed by atoms with Gasteiger partial charge in [0, 0.05) is 25.0 Å². The van der Waals surface area contributed by atoms with Crippen molar-refractivity contribution in [3.05, 3.63) is 0 Å². The van der Waals surface area contributed by atoms with Gasteiger partial charge < -0.3 is 21.1 Å². The van der Waals surface area contributed by atoms with Crippen LogP contribution in [0.3, 0.4) is 0 Å². The molecular formula is C54H103NO7S. The maximum atomic E-state index is 14.6. The first kappa shape index (κ1) is 61.7. The van der Waals surface area contributed by atoms with Gasteiger partial charge in [0.2, 0.25) is 5.54 Å². The third-order valence-corrected chi connectivity index (χ3v) is 15.1. The topological polar surface area (TPSA) is 155 Å². The number of rotatable bonds is 51. The van der Waals surface area contributed by atoms with Crippen LogP contribution in [-0.4, -0.2) is 67.4 Å². The van der Waals surface area contributed by atoms with Crippen LogP contribution in [0.15, 0.2) is 0 Å². The van der Waals surface area contributed by atoms with Crippen LogP contribution >= 0.6 is 11.8 Å². The van der Waals surface area contributed by atoms with Gasteiger partial charge >= 0.3 is 5.97 Å². The lowest BCUT2D eigenvalue weighted by atomic mass is 9.71. The predicted molar refractivity (Wildman–Crippen MR) is 269 cm³/mol. The Labute approximate surface area is 393 Å². The quantitative estimate of drug-likeness (QED) is 0.0345. The second kappa shape index (κ2) is 43.3. The average Bonchev–Trinajstić information content (AvgIpc) is 3.28. The number of thioether (sulfide) groups is 1. The minimum atomic E-state index is -2.79. The number of hydrogen-bond acceptors (Lipinski definition) is 8. The molecule has 0 radical (unpaired) electrons. The summed E-state index contributed by atoms with van der Waals surface area (Å²) < 4.78 is -2.39. The molecule has 0 amide bonds. The maximum Gasteiger partial charge on any atom is 0.333 e. The first-order valence-corrected chi connectivity index (χ1v) is 28.1. The maximum absolute atomic E-state index is 14.6. The van der Waals surface area contributed by atoms with Gasteiger partial charge in [-0.3, -0.25) is 14.4 Å². The smallest absolute Gasteiger partial charge is 0.333 e.